The topological polar surface area (TPSA) is 18.5 Å². The van der Waals surface area contributed by atoms with Crippen LogP contribution in [-0.2, 0) is 9.47 Å². The number of hydrogen-bond donors (Lipinski definition) is 0. The van der Waals surface area contributed by atoms with E-state index < -0.39 is 0 Å². The van der Waals surface area contributed by atoms with Gasteiger partial charge in [-0.15, -0.1) is 0 Å². The normalized spacial score (nSPS) is 55.5. The predicted octanol–water partition coefficient (Wildman–Crippen LogP) is 8.55. The van der Waals surface area contributed by atoms with Crippen molar-refractivity contribution in [3.05, 3.63) is 12.2 Å². The zero-order valence-electron chi connectivity index (χ0n) is 23.1. The summed E-state index contributed by atoms with van der Waals surface area (Å²) in [5, 5.41) is 0. The highest BCUT2D eigenvalue weighted by Crippen LogP contribution is 2.77. The maximum atomic E-state index is 6.80. The van der Waals surface area contributed by atoms with Crippen molar-refractivity contribution in [2.45, 2.75) is 131 Å². The van der Waals surface area contributed by atoms with Crippen LogP contribution in [0.2, 0.25) is 0 Å². The Balaban J connectivity index is 1.54. The molecule has 5 fully saturated rings. The summed E-state index contributed by atoms with van der Waals surface area (Å²) in [7, 11) is 1.81. The van der Waals surface area contributed by atoms with E-state index in [1.54, 1.807) is 0 Å². The van der Waals surface area contributed by atoms with Gasteiger partial charge < -0.3 is 9.47 Å². The molecule has 5 aliphatic rings. The van der Waals surface area contributed by atoms with Crippen LogP contribution in [0.15, 0.2) is 12.2 Å². The molecule has 2 nitrogen and oxygen atoms in total. The summed E-state index contributed by atoms with van der Waals surface area (Å²) in [6.45, 7) is 22.6. The van der Waals surface area contributed by atoms with Crippen LogP contribution in [0.4, 0.5) is 0 Å². The zero-order valence-corrected chi connectivity index (χ0v) is 23.1. The van der Waals surface area contributed by atoms with Gasteiger partial charge in [0.15, 0.2) is 6.29 Å². The van der Waals surface area contributed by atoms with Gasteiger partial charge in [0, 0.05) is 7.11 Å². The van der Waals surface area contributed by atoms with Gasteiger partial charge >= 0.3 is 0 Å². The van der Waals surface area contributed by atoms with Crippen LogP contribution in [0, 0.1) is 44.8 Å². The van der Waals surface area contributed by atoms with Gasteiger partial charge in [0.25, 0.3) is 0 Å². The molecule has 9 atom stereocenters. The second-order valence-corrected chi connectivity index (χ2v) is 15.1. The van der Waals surface area contributed by atoms with Crippen LogP contribution < -0.4 is 0 Å². The van der Waals surface area contributed by atoms with E-state index in [9.17, 15) is 0 Å². The van der Waals surface area contributed by atoms with Crippen molar-refractivity contribution < 1.29 is 9.47 Å². The molecule has 0 aromatic rings. The molecule has 0 spiro atoms. The SMILES string of the molecule is C=C(C)[C@]12CC[C@H]3[C@@](C)(CC[C@@]4(C)[C@@H]5CC(C)(C)CC[C@]5(C)CC[C@]34C)[C@@H]1CC[C@@H](OC)O2. The van der Waals surface area contributed by atoms with E-state index in [1.807, 2.05) is 7.11 Å². The third-order valence-electron chi connectivity index (χ3n) is 13.2. The lowest BCUT2D eigenvalue weighted by Gasteiger charge is -2.74. The quantitative estimate of drug-likeness (QED) is 0.387. The minimum absolute atomic E-state index is 0.0672. The molecule has 0 amide bonds. The molecular weight excluding hydrogens is 404 g/mol. The summed E-state index contributed by atoms with van der Waals surface area (Å²) in [5.41, 5.74) is 3.31. The van der Waals surface area contributed by atoms with Crippen molar-refractivity contribution in [3.63, 3.8) is 0 Å². The van der Waals surface area contributed by atoms with Gasteiger partial charge in [-0.1, -0.05) is 48.1 Å². The van der Waals surface area contributed by atoms with E-state index in [-0.39, 0.29) is 11.9 Å². The number of fused-ring (bicyclic) bond motifs is 7. The maximum Gasteiger partial charge on any atom is 0.158 e. The van der Waals surface area contributed by atoms with E-state index in [4.69, 9.17) is 9.47 Å². The van der Waals surface area contributed by atoms with Crippen molar-refractivity contribution in [2.75, 3.05) is 7.11 Å². The minimum atomic E-state index is -0.190. The average molecular weight is 457 g/mol. The second kappa shape index (κ2) is 7.34. The number of ether oxygens (including phenoxy) is 2. The first-order valence-electron chi connectivity index (χ1n) is 14.1. The van der Waals surface area contributed by atoms with Crippen molar-refractivity contribution >= 4 is 0 Å². The molecule has 0 aromatic carbocycles. The van der Waals surface area contributed by atoms with Gasteiger partial charge in [-0.3, -0.25) is 0 Å². The summed E-state index contributed by atoms with van der Waals surface area (Å²) in [6, 6.07) is 0. The van der Waals surface area contributed by atoms with Crippen LogP contribution in [0.3, 0.4) is 0 Å². The minimum Gasteiger partial charge on any atom is -0.356 e. The fourth-order valence-electron chi connectivity index (χ4n) is 10.9. The third-order valence-corrected chi connectivity index (χ3v) is 13.2. The van der Waals surface area contributed by atoms with Crippen LogP contribution in [0.5, 0.6) is 0 Å². The fraction of sp³-hybridized carbons (Fsp3) is 0.935. The summed E-state index contributed by atoms with van der Waals surface area (Å²) in [6.07, 6.45) is 14.5. The van der Waals surface area contributed by atoms with Crippen LogP contribution >= 0.6 is 0 Å². The van der Waals surface area contributed by atoms with E-state index >= 15 is 0 Å². The van der Waals surface area contributed by atoms with Crippen molar-refractivity contribution in [3.8, 4) is 0 Å². The van der Waals surface area contributed by atoms with Gasteiger partial charge in [0.1, 0.15) is 0 Å². The van der Waals surface area contributed by atoms with Crippen LogP contribution in [0.1, 0.15) is 119 Å². The lowest BCUT2D eigenvalue weighted by molar-refractivity contribution is -0.303. The lowest BCUT2D eigenvalue weighted by atomic mass is 9.31. The highest BCUT2D eigenvalue weighted by molar-refractivity contribution is 5.25. The van der Waals surface area contributed by atoms with Crippen molar-refractivity contribution in [1.29, 1.82) is 0 Å². The third kappa shape index (κ3) is 3.11. The molecule has 0 aromatic heterocycles. The Kier molecular flexibility index (Phi) is 5.42. The first-order chi connectivity index (χ1) is 15.3. The number of rotatable bonds is 2. The first-order valence-corrected chi connectivity index (χ1v) is 14.1. The largest absolute Gasteiger partial charge is 0.356 e. The Hall–Kier alpha value is -0.340. The molecule has 0 radical (unpaired) electrons. The highest BCUT2D eigenvalue weighted by atomic mass is 16.7. The molecule has 0 unspecified atom stereocenters. The Bertz CT molecular complexity index is 816. The summed E-state index contributed by atoms with van der Waals surface area (Å²) >= 11 is 0. The summed E-state index contributed by atoms with van der Waals surface area (Å²) < 4.78 is 12.5. The smallest absolute Gasteiger partial charge is 0.158 e. The Morgan fingerprint density at radius 2 is 1.39 bits per heavy atom. The molecule has 33 heavy (non-hydrogen) atoms. The second-order valence-electron chi connectivity index (χ2n) is 15.1. The number of hydrogen-bond acceptors (Lipinski definition) is 2. The summed E-state index contributed by atoms with van der Waals surface area (Å²) in [5.74, 6) is 2.23. The van der Waals surface area contributed by atoms with Gasteiger partial charge in [-0.05, 0) is 128 Å². The monoisotopic (exact) mass is 456 g/mol. The molecule has 2 heteroatoms. The van der Waals surface area contributed by atoms with Gasteiger partial charge in [0.05, 0.1) is 5.60 Å². The molecule has 1 aliphatic heterocycles. The van der Waals surface area contributed by atoms with Crippen molar-refractivity contribution in [2.24, 2.45) is 44.8 Å². The molecule has 1 saturated heterocycles. The molecule has 188 valence electrons. The Morgan fingerprint density at radius 3 is 2.06 bits per heavy atom. The van der Waals surface area contributed by atoms with Gasteiger partial charge in [0.2, 0.25) is 0 Å². The van der Waals surface area contributed by atoms with Gasteiger partial charge in [-0.2, -0.15) is 0 Å². The van der Waals surface area contributed by atoms with Crippen LogP contribution in [0.25, 0.3) is 0 Å². The first kappa shape index (κ1) is 24.4. The summed E-state index contributed by atoms with van der Waals surface area (Å²) in [4.78, 5) is 0. The van der Waals surface area contributed by atoms with E-state index in [0.717, 1.165) is 24.7 Å². The average Bonchev–Trinajstić information content (AvgIpc) is 2.76. The molecule has 0 bridgehead atoms. The number of methoxy groups -OCH3 is 1. The molecule has 4 saturated carbocycles. The molecule has 0 N–H and O–H groups in total. The standard InChI is InChI=1S/C31H52O2/c1-21(2)31-13-12-22-28(6,23(31)10-11-25(32-9)33-31)17-19-30(8)24-20-26(3,4)14-15-27(24,5)16-18-29(22,30)7/h22-25H,1,10-20H2,2-9H3/t22-,23-,24+,25-,27+,28+,29+,30-,31+/m0/s1. The highest BCUT2D eigenvalue weighted by Gasteiger charge is 2.71. The zero-order chi connectivity index (χ0) is 24.1. The van der Waals surface area contributed by atoms with Gasteiger partial charge in [-0.25, -0.2) is 0 Å². The Labute approximate surface area is 204 Å². The van der Waals surface area contributed by atoms with Crippen LogP contribution in [-0.4, -0.2) is 19.0 Å². The molecule has 1 heterocycles. The molecular formula is C31H52O2. The van der Waals surface area contributed by atoms with E-state index in [2.05, 4.69) is 55.0 Å². The maximum absolute atomic E-state index is 6.80. The van der Waals surface area contributed by atoms with E-state index in [1.165, 1.54) is 63.4 Å². The molecule has 4 aliphatic carbocycles. The Morgan fingerprint density at radius 1 is 0.758 bits per heavy atom. The lowest BCUT2D eigenvalue weighted by Crippen LogP contribution is -2.69. The van der Waals surface area contributed by atoms with E-state index in [0.29, 0.717) is 33.0 Å². The van der Waals surface area contributed by atoms with Crippen molar-refractivity contribution in [1.82, 2.24) is 0 Å². The molecule has 5 rings (SSSR count). The fourth-order valence-corrected chi connectivity index (χ4v) is 10.9. The predicted molar refractivity (Wildman–Crippen MR) is 137 cm³/mol.